The zero-order valence-corrected chi connectivity index (χ0v) is 10.9. The van der Waals surface area contributed by atoms with Crippen molar-refractivity contribution in [3.05, 3.63) is 0 Å². The monoisotopic (exact) mass is 212 g/mol. The van der Waals surface area contributed by atoms with Crippen LogP contribution in [0.2, 0.25) is 0 Å². The molecule has 2 atom stereocenters. The molecule has 0 aliphatic carbocycles. The number of hydrogen-bond donors (Lipinski definition) is 1. The van der Waals surface area contributed by atoms with Crippen LogP contribution in [-0.4, -0.2) is 37.6 Å². The summed E-state index contributed by atoms with van der Waals surface area (Å²) in [6.45, 7) is 10.9. The molecule has 1 aliphatic rings. The molecule has 2 heteroatoms. The lowest BCUT2D eigenvalue weighted by Gasteiger charge is -2.35. The molecule has 1 fully saturated rings. The predicted molar refractivity (Wildman–Crippen MR) is 67.1 cm³/mol. The Hall–Kier alpha value is -0.0800. The molecule has 1 aliphatic heterocycles. The summed E-state index contributed by atoms with van der Waals surface area (Å²) in [5.41, 5.74) is 0. The highest BCUT2D eigenvalue weighted by molar-refractivity contribution is 4.79. The smallest absolute Gasteiger partial charge is 0.00649 e. The molecule has 1 rings (SSSR count). The molecule has 0 bridgehead atoms. The van der Waals surface area contributed by atoms with Gasteiger partial charge >= 0.3 is 0 Å². The summed E-state index contributed by atoms with van der Waals surface area (Å²) in [7, 11) is 2.08. The molecule has 90 valence electrons. The van der Waals surface area contributed by atoms with Gasteiger partial charge in [0, 0.05) is 12.6 Å². The number of piperidine rings is 1. The number of hydrogen-bond acceptors (Lipinski definition) is 2. The Morgan fingerprint density at radius 3 is 2.33 bits per heavy atom. The largest absolute Gasteiger partial charge is 0.317 e. The van der Waals surface area contributed by atoms with Crippen LogP contribution in [0.25, 0.3) is 0 Å². The number of rotatable bonds is 5. The second-order valence-corrected chi connectivity index (χ2v) is 5.23. The highest BCUT2D eigenvalue weighted by Gasteiger charge is 2.23. The molecular weight excluding hydrogens is 184 g/mol. The first-order valence-corrected chi connectivity index (χ1v) is 6.57. The number of nitrogens with one attached hydrogen (secondary N) is 1. The average Bonchev–Trinajstić information content (AvgIpc) is 2.29. The van der Waals surface area contributed by atoms with E-state index in [2.05, 4.69) is 38.0 Å². The molecular formula is C13H28N2. The van der Waals surface area contributed by atoms with E-state index in [9.17, 15) is 0 Å². The number of likely N-dealkylation sites (tertiary alicyclic amines) is 1. The van der Waals surface area contributed by atoms with Crippen LogP contribution < -0.4 is 5.32 Å². The van der Waals surface area contributed by atoms with Crippen LogP contribution in [0, 0.1) is 11.8 Å². The molecule has 1 saturated heterocycles. The van der Waals surface area contributed by atoms with E-state index in [1.165, 1.54) is 38.9 Å². The Labute approximate surface area is 95.4 Å². The SMILES string of the molecule is CCC(C)CN1CCC(C(C)NC)CC1. The van der Waals surface area contributed by atoms with E-state index in [1.807, 2.05) is 0 Å². The highest BCUT2D eigenvalue weighted by atomic mass is 15.1. The zero-order valence-electron chi connectivity index (χ0n) is 10.9. The van der Waals surface area contributed by atoms with Gasteiger partial charge in [0.15, 0.2) is 0 Å². The van der Waals surface area contributed by atoms with Gasteiger partial charge in [-0.2, -0.15) is 0 Å². The van der Waals surface area contributed by atoms with Crippen LogP contribution in [-0.2, 0) is 0 Å². The number of nitrogens with zero attached hydrogens (tertiary/aromatic N) is 1. The molecule has 0 radical (unpaired) electrons. The molecule has 15 heavy (non-hydrogen) atoms. The van der Waals surface area contributed by atoms with Crippen molar-refractivity contribution >= 4 is 0 Å². The van der Waals surface area contributed by atoms with Gasteiger partial charge in [0.1, 0.15) is 0 Å². The first-order valence-electron chi connectivity index (χ1n) is 6.57. The van der Waals surface area contributed by atoms with Gasteiger partial charge < -0.3 is 10.2 Å². The van der Waals surface area contributed by atoms with Gasteiger partial charge in [0.05, 0.1) is 0 Å². The Balaban J connectivity index is 2.23. The van der Waals surface area contributed by atoms with Crippen LogP contribution in [0.1, 0.15) is 40.0 Å². The van der Waals surface area contributed by atoms with E-state index < -0.39 is 0 Å². The summed E-state index contributed by atoms with van der Waals surface area (Å²) in [5.74, 6) is 1.76. The average molecular weight is 212 g/mol. The van der Waals surface area contributed by atoms with Crippen LogP contribution >= 0.6 is 0 Å². The molecule has 0 amide bonds. The summed E-state index contributed by atoms with van der Waals surface area (Å²) in [6, 6.07) is 0.691. The van der Waals surface area contributed by atoms with Crippen molar-refractivity contribution < 1.29 is 0 Å². The van der Waals surface area contributed by atoms with Gasteiger partial charge in [-0.25, -0.2) is 0 Å². The molecule has 1 heterocycles. The molecule has 0 aromatic carbocycles. The third kappa shape index (κ3) is 4.12. The van der Waals surface area contributed by atoms with Gasteiger partial charge in [-0.3, -0.25) is 0 Å². The maximum atomic E-state index is 3.38. The van der Waals surface area contributed by atoms with Gasteiger partial charge in [0.25, 0.3) is 0 Å². The van der Waals surface area contributed by atoms with Crippen molar-refractivity contribution in [2.45, 2.75) is 46.1 Å². The van der Waals surface area contributed by atoms with E-state index >= 15 is 0 Å². The molecule has 0 saturated carbocycles. The fourth-order valence-electron chi connectivity index (χ4n) is 2.44. The van der Waals surface area contributed by atoms with Gasteiger partial charge in [-0.15, -0.1) is 0 Å². The Bertz CT molecular complexity index is 162. The summed E-state index contributed by atoms with van der Waals surface area (Å²) < 4.78 is 0. The van der Waals surface area contributed by atoms with E-state index in [0.29, 0.717) is 6.04 Å². The van der Waals surface area contributed by atoms with Crippen molar-refractivity contribution in [2.75, 3.05) is 26.7 Å². The normalized spacial score (nSPS) is 24.0. The summed E-state index contributed by atoms with van der Waals surface area (Å²) in [5, 5.41) is 3.38. The molecule has 0 aromatic rings. The fourth-order valence-corrected chi connectivity index (χ4v) is 2.44. The van der Waals surface area contributed by atoms with Crippen LogP contribution in [0.5, 0.6) is 0 Å². The van der Waals surface area contributed by atoms with E-state index in [4.69, 9.17) is 0 Å². The fraction of sp³-hybridized carbons (Fsp3) is 1.00. The maximum Gasteiger partial charge on any atom is 0.00649 e. The standard InChI is InChI=1S/C13H28N2/c1-5-11(2)10-15-8-6-13(7-9-15)12(3)14-4/h11-14H,5-10H2,1-4H3. The van der Waals surface area contributed by atoms with Gasteiger partial charge in [-0.1, -0.05) is 20.3 Å². The third-order valence-electron chi connectivity index (χ3n) is 4.06. The summed E-state index contributed by atoms with van der Waals surface area (Å²) in [6.07, 6.45) is 4.06. The Morgan fingerprint density at radius 2 is 1.87 bits per heavy atom. The third-order valence-corrected chi connectivity index (χ3v) is 4.06. The summed E-state index contributed by atoms with van der Waals surface area (Å²) >= 11 is 0. The van der Waals surface area contributed by atoms with E-state index in [-0.39, 0.29) is 0 Å². The topological polar surface area (TPSA) is 15.3 Å². The molecule has 2 unspecified atom stereocenters. The highest BCUT2D eigenvalue weighted by Crippen LogP contribution is 2.21. The maximum absolute atomic E-state index is 3.38. The first kappa shape index (κ1) is 13.0. The van der Waals surface area contributed by atoms with E-state index in [0.717, 1.165) is 11.8 Å². The van der Waals surface area contributed by atoms with Crippen LogP contribution in [0.3, 0.4) is 0 Å². The van der Waals surface area contributed by atoms with Crippen molar-refractivity contribution in [2.24, 2.45) is 11.8 Å². The van der Waals surface area contributed by atoms with Crippen molar-refractivity contribution in [3.63, 3.8) is 0 Å². The Morgan fingerprint density at radius 1 is 1.27 bits per heavy atom. The second-order valence-electron chi connectivity index (χ2n) is 5.23. The predicted octanol–water partition coefficient (Wildman–Crippen LogP) is 2.35. The minimum atomic E-state index is 0.691. The minimum absolute atomic E-state index is 0.691. The summed E-state index contributed by atoms with van der Waals surface area (Å²) in [4.78, 5) is 2.65. The minimum Gasteiger partial charge on any atom is -0.317 e. The molecule has 0 aromatic heterocycles. The zero-order chi connectivity index (χ0) is 11.3. The first-order chi connectivity index (χ1) is 7.17. The quantitative estimate of drug-likeness (QED) is 0.752. The van der Waals surface area contributed by atoms with Gasteiger partial charge in [0.2, 0.25) is 0 Å². The van der Waals surface area contributed by atoms with E-state index in [1.54, 1.807) is 0 Å². The second kappa shape index (κ2) is 6.49. The van der Waals surface area contributed by atoms with Crippen LogP contribution in [0.4, 0.5) is 0 Å². The lowest BCUT2D eigenvalue weighted by atomic mass is 9.90. The lowest BCUT2D eigenvalue weighted by Crippen LogP contribution is -2.42. The van der Waals surface area contributed by atoms with Crippen molar-refractivity contribution in [1.29, 1.82) is 0 Å². The lowest BCUT2D eigenvalue weighted by molar-refractivity contribution is 0.147. The Kier molecular flexibility index (Phi) is 5.62. The van der Waals surface area contributed by atoms with Crippen molar-refractivity contribution in [1.82, 2.24) is 10.2 Å². The molecule has 0 spiro atoms. The van der Waals surface area contributed by atoms with Crippen LogP contribution in [0.15, 0.2) is 0 Å². The van der Waals surface area contributed by atoms with Crippen molar-refractivity contribution in [3.8, 4) is 0 Å². The molecule has 1 N–H and O–H groups in total. The van der Waals surface area contributed by atoms with Gasteiger partial charge in [-0.05, 0) is 51.7 Å². The molecule has 2 nitrogen and oxygen atoms in total.